The first-order valence-corrected chi connectivity index (χ1v) is 6.66. The van der Waals surface area contributed by atoms with Gasteiger partial charge in [0, 0.05) is 26.2 Å². The molecule has 0 aliphatic carbocycles. The molecule has 2 amide bonds. The van der Waals surface area contributed by atoms with Crippen molar-refractivity contribution in [2.45, 2.75) is 6.42 Å². The Morgan fingerprint density at radius 2 is 1.75 bits per heavy atom. The first kappa shape index (κ1) is 14.5. The van der Waals surface area contributed by atoms with Crippen LogP contribution >= 0.6 is 0 Å². The number of rotatable bonds is 4. The maximum Gasteiger partial charge on any atom is 0.257 e. The van der Waals surface area contributed by atoms with Gasteiger partial charge >= 0.3 is 0 Å². The van der Waals surface area contributed by atoms with Crippen molar-refractivity contribution in [1.82, 2.24) is 15.3 Å². The number of hydrogen-bond donors (Lipinski definition) is 2. The summed E-state index contributed by atoms with van der Waals surface area (Å²) in [7, 11) is 0. The Morgan fingerprint density at radius 1 is 1.10 bits per heavy atom. The minimum Gasteiger partial charge on any atom is -0.340 e. The average Bonchev–Trinajstić information content (AvgIpc) is 2.49. The number of amides is 2. The highest BCUT2D eigenvalue weighted by Crippen LogP contribution is 2.06. The van der Waals surface area contributed by atoms with Crippen molar-refractivity contribution < 1.29 is 14.8 Å². The van der Waals surface area contributed by atoms with Crippen molar-refractivity contribution in [3.63, 3.8) is 0 Å². The van der Waals surface area contributed by atoms with E-state index in [1.807, 2.05) is 40.1 Å². The second kappa shape index (κ2) is 7.02. The lowest BCUT2D eigenvalue weighted by molar-refractivity contribution is -0.133. The van der Waals surface area contributed by atoms with Gasteiger partial charge in [0.2, 0.25) is 5.91 Å². The molecule has 6 heteroatoms. The predicted octanol–water partition coefficient (Wildman–Crippen LogP) is -0.121. The Labute approximate surface area is 117 Å². The molecular formula is C14H19N3O3. The second-order valence-corrected chi connectivity index (χ2v) is 4.85. The maximum atomic E-state index is 12.1. The molecule has 1 aliphatic heterocycles. The van der Waals surface area contributed by atoms with Gasteiger partial charge in [-0.1, -0.05) is 30.3 Å². The van der Waals surface area contributed by atoms with Gasteiger partial charge in [0.1, 0.15) is 0 Å². The molecule has 1 aromatic rings. The molecule has 0 aromatic heterocycles. The molecule has 0 radical (unpaired) electrons. The van der Waals surface area contributed by atoms with Gasteiger partial charge in [0.15, 0.2) is 0 Å². The van der Waals surface area contributed by atoms with E-state index in [0.717, 1.165) is 5.56 Å². The number of nitrogens with one attached hydrogen (secondary N) is 1. The van der Waals surface area contributed by atoms with E-state index in [2.05, 4.69) is 0 Å². The van der Waals surface area contributed by atoms with Gasteiger partial charge in [-0.2, -0.15) is 0 Å². The first-order chi connectivity index (χ1) is 9.69. The minimum absolute atomic E-state index is 0.113. The summed E-state index contributed by atoms with van der Waals surface area (Å²) >= 11 is 0. The van der Waals surface area contributed by atoms with Crippen LogP contribution in [-0.4, -0.2) is 59.5 Å². The quantitative estimate of drug-likeness (QED) is 0.594. The van der Waals surface area contributed by atoms with Crippen LogP contribution in [0.5, 0.6) is 0 Å². The van der Waals surface area contributed by atoms with Gasteiger partial charge in [-0.25, -0.2) is 5.48 Å². The zero-order valence-electron chi connectivity index (χ0n) is 11.3. The average molecular weight is 277 g/mol. The van der Waals surface area contributed by atoms with Crippen LogP contribution in [0.3, 0.4) is 0 Å². The van der Waals surface area contributed by atoms with E-state index in [1.165, 1.54) is 0 Å². The van der Waals surface area contributed by atoms with E-state index in [9.17, 15) is 9.59 Å². The molecule has 0 unspecified atom stereocenters. The molecule has 1 fully saturated rings. The van der Waals surface area contributed by atoms with Crippen molar-refractivity contribution >= 4 is 11.8 Å². The van der Waals surface area contributed by atoms with Gasteiger partial charge in [-0.15, -0.1) is 0 Å². The van der Waals surface area contributed by atoms with E-state index >= 15 is 0 Å². The number of hydrogen-bond acceptors (Lipinski definition) is 4. The van der Waals surface area contributed by atoms with Gasteiger partial charge in [-0.05, 0) is 5.56 Å². The topological polar surface area (TPSA) is 72.9 Å². The highest BCUT2D eigenvalue weighted by molar-refractivity contribution is 5.79. The Morgan fingerprint density at radius 3 is 2.35 bits per heavy atom. The van der Waals surface area contributed by atoms with Crippen LogP contribution in [-0.2, 0) is 16.0 Å². The summed E-state index contributed by atoms with van der Waals surface area (Å²) in [6.07, 6.45) is 0.415. The normalized spacial score (nSPS) is 15.9. The molecule has 0 bridgehead atoms. The summed E-state index contributed by atoms with van der Waals surface area (Å²) in [4.78, 5) is 26.9. The number of carbonyl (C=O) groups is 2. The minimum atomic E-state index is -0.422. The van der Waals surface area contributed by atoms with Crippen LogP contribution in [0.15, 0.2) is 30.3 Å². The van der Waals surface area contributed by atoms with Crippen LogP contribution < -0.4 is 5.48 Å². The van der Waals surface area contributed by atoms with Crippen molar-refractivity contribution in [3.05, 3.63) is 35.9 Å². The first-order valence-electron chi connectivity index (χ1n) is 6.66. The molecule has 1 aliphatic rings. The molecule has 108 valence electrons. The van der Waals surface area contributed by atoms with Crippen LogP contribution in [0.2, 0.25) is 0 Å². The standard InChI is InChI=1S/C14H19N3O3/c18-13(15-20)11-16-6-8-17(9-7-16)14(19)10-12-4-2-1-3-5-12/h1-5,20H,6-11H2,(H,15,18). The molecule has 6 nitrogen and oxygen atoms in total. The molecule has 0 atom stereocenters. The van der Waals surface area contributed by atoms with E-state index in [-0.39, 0.29) is 12.5 Å². The molecule has 2 rings (SSSR count). The summed E-state index contributed by atoms with van der Waals surface area (Å²) < 4.78 is 0. The van der Waals surface area contributed by atoms with E-state index in [1.54, 1.807) is 5.48 Å². The van der Waals surface area contributed by atoms with Crippen molar-refractivity contribution in [3.8, 4) is 0 Å². The second-order valence-electron chi connectivity index (χ2n) is 4.85. The lowest BCUT2D eigenvalue weighted by atomic mass is 10.1. The predicted molar refractivity (Wildman–Crippen MR) is 73.1 cm³/mol. The van der Waals surface area contributed by atoms with Crippen molar-refractivity contribution in [1.29, 1.82) is 0 Å². The summed E-state index contributed by atoms with van der Waals surface area (Å²) in [5.74, 6) is -0.309. The highest BCUT2D eigenvalue weighted by atomic mass is 16.5. The monoisotopic (exact) mass is 277 g/mol. The fraction of sp³-hybridized carbons (Fsp3) is 0.429. The Balaban J connectivity index is 1.78. The fourth-order valence-electron chi connectivity index (χ4n) is 2.28. The SMILES string of the molecule is O=C(CN1CCN(C(=O)Cc2ccccc2)CC1)NO. The highest BCUT2D eigenvalue weighted by Gasteiger charge is 2.22. The zero-order valence-corrected chi connectivity index (χ0v) is 11.3. The molecule has 1 saturated heterocycles. The molecule has 1 aromatic carbocycles. The Hall–Kier alpha value is -1.92. The largest absolute Gasteiger partial charge is 0.340 e. The number of carbonyl (C=O) groups excluding carboxylic acids is 2. The Bertz CT molecular complexity index is 456. The molecule has 20 heavy (non-hydrogen) atoms. The molecule has 2 N–H and O–H groups in total. The summed E-state index contributed by atoms with van der Waals surface area (Å²) in [6, 6.07) is 9.67. The fourth-order valence-corrected chi connectivity index (χ4v) is 2.28. The maximum absolute atomic E-state index is 12.1. The van der Waals surface area contributed by atoms with Crippen molar-refractivity contribution in [2.24, 2.45) is 0 Å². The number of benzene rings is 1. The molecular weight excluding hydrogens is 258 g/mol. The van der Waals surface area contributed by atoms with Crippen LogP contribution in [0.25, 0.3) is 0 Å². The summed E-state index contributed by atoms with van der Waals surface area (Å²) in [6.45, 7) is 2.69. The smallest absolute Gasteiger partial charge is 0.257 e. The molecule has 1 heterocycles. The van der Waals surface area contributed by atoms with Gasteiger partial charge in [0.25, 0.3) is 5.91 Å². The van der Waals surface area contributed by atoms with Crippen LogP contribution in [0.1, 0.15) is 5.56 Å². The Kier molecular flexibility index (Phi) is 5.09. The van der Waals surface area contributed by atoms with E-state index in [4.69, 9.17) is 5.21 Å². The third-order valence-electron chi connectivity index (χ3n) is 3.42. The molecule has 0 saturated carbocycles. The van der Waals surface area contributed by atoms with E-state index in [0.29, 0.717) is 32.6 Å². The van der Waals surface area contributed by atoms with Crippen LogP contribution in [0, 0.1) is 0 Å². The summed E-state index contributed by atoms with van der Waals surface area (Å²) in [5, 5.41) is 8.48. The third kappa shape index (κ3) is 4.04. The summed E-state index contributed by atoms with van der Waals surface area (Å²) in [5.41, 5.74) is 2.63. The lowest BCUT2D eigenvalue weighted by Gasteiger charge is -2.34. The van der Waals surface area contributed by atoms with Gasteiger partial charge in [-0.3, -0.25) is 19.7 Å². The number of nitrogens with zero attached hydrogens (tertiary/aromatic N) is 2. The third-order valence-corrected chi connectivity index (χ3v) is 3.42. The van der Waals surface area contributed by atoms with Crippen molar-refractivity contribution in [2.75, 3.05) is 32.7 Å². The van der Waals surface area contributed by atoms with Gasteiger partial charge < -0.3 is 4.90 Å². The molecule has 0 spiro atoms. The number of hydroxylamine groups is 1. The zero-order chi connectivity index (χ0) is 14.4. The lowest BCUT2D eigenvalue weighted by Crippen LogP contribution is -2.51. The number of piperazine rings is 1. The van der Waals surface area contributed by atoms with E-state index < -0.39 is 5.91 Å². The van der Waals surface area contributed by atoms with Gasteiger partial charge in [0.05, 0.1) is 13.0 Å². The van der Waals surface area contributed by atoms with Crippen LogP contribution in [0.4, 0.5) is 0 Å².